The molecule has 0 saturated carbocycles. The number of hydrogen-bond acceptors (Lipinski definition) is 6. The third-order valence-corrected chi connectivity index (χ3v) is 6.80. The lowest BCUT2D eigenvalue weighted by molar-refractivity contribution is -0.129. The van der Waals surface area contributed by atoms with Crippen molar-refractivity contribution in [2.75, 3.05) is 32.7 Å². The van der Waals surface area contributed by atoms with Crippen LogP contribution >= 0.6 is 11.3 Å². The van der Waals surface area contributed by atoms with Crippen LogP contribution in [0.15, 0.2) is 53.9 Å². The van der Waals surface area contributed by atoms with Gasteiger partial charge in [0.2, 0.25) is 5.91 Å². The van der Waals surface area contributed by atoms with Crippen molar-refractivity contribution >= 4 is 23.2 Å². The fourth-order valence-corrected chi connectivity index (χ4v) is 4.90. The van der Waals surface area contributed by atoms with Gasteiger partial charge in [0.05, 0.1) is 19.0 Å². The Hall–Kier alpha value is -3.21. The molecular weight excluding hydrogens is 472 g/mol. The van der Waals surface area contributed by atoms with Crippen LogP contribution in [0, 0.1) is 18.6 Å². The van der Waals surface area contributed by atoms with Gasteiger partial charge >= 0.3 is 0 Å². The van der Waals surface area contributed by atoms with Gasteiger partial charge in [0.25, 0.3) is 5.91 Å². The van der Waals surface area contributed by atoms with Gasteiger partial charge in [0.1, 0.15) is 16.6 Å². The van der Waals surface area contributed by atoms with E-state index in [1.54, 1.807) is 24.3 Å². The summed E-state index contributed by atoms with van der Waals surface area (Å²) in [5.41, 5.74) is 7.60. The van der Waals surface area contributed by atoms with Gasteiger partial charge in [-0.25, -0.2) is 13.8 Å². The summed E-state index contributed by atoms with van der Waals surface area (Å²) in [6.45, 7) is 4.63. The number of aryl methyl sites for hydroxylation is 1. The van der Waals surface area contributed by atoms with Crippen LogP contribution in [0.5, 0.6) is 0 Å². The minimum absolute atomic E-state index is 0.117. The van der Waals surface area contributed by atoms with Crippen LogP contribution < -0.4 is 10.9 Å². The van der Waals surface area contributed by atoms with Gasteiger partial charge < -0.3 is 0 Å². The molecule has 1 aromatic heterocycles. The molecule has 0 bridgehead atoms. The van der Waals surface area contributed by atoms with Gasteiger partial charge in [0, 0.05) is 37.3 Å². The van der Waals surface area contributed by atoms with Crippen molar-refractivity contribution in [2.45, 2.75) is 19.4 Å². The lowest BCUT2D eigenvalue weighted by atomic mass is 9.96. The number of rotatable bonds is 7. The van der Waals surface area contributed by atoms with E-state index in [0.29, 0.717) is 31.2 Å². The smallest absolute Gasteiger partial charge is 0.252 e. The molecule has 4 rings (SSSR count). The largest absolute Gasteiger partial charge is 0.292 e. The number of piperazine rings is 1. The SMILES string of the molecule is Cc1csc(CC(=O)NNC(=O)CN2CCN(C(c3ccc(F)cc3)c3ccc(F)cc3)CC2)n1. The van der Waals surface area contributed by atoms with Crippen molar-refractivity contribution in [3.63, 3.8) is 0 Å². The lowest BCUT2D eigenvalue weighted by Crippen LogP contribution is -2.52. The Morgan fingerprint density at radius 1 is 0.914 bits per heavy atom. The van der Waals surface area contributed by atoms with Crippen molar-refractivity contribution < 1.29 is 18.4 Å². The average Bonchev–Trinajstić information content (AvgIpc) is 3.25. The number of carbonyl (C=O) groups is 2. The van der Waals surface area contributed by atoms with Gasteiger partial charge in [-0.05, 0) is 42.3 Å². The normalized spacial score (nSPS) is 14.7. The van der Waals surface area contributed by atoms with Crippen molar-refractivity contribution in [1.82, 2.24) is 25.6 Å². The van der Waals surface area contributed by atoms with Crippen LogP contribution in [0.2, 0.25) is 0 Å². The third-order valence-electron chi connectivity index (χ3n) is 5.83. The summed E-state index contributed by atoms with van der Waals surface area (Å²) in [6.07, 6.45) is 0.117. The second-order valence-corrected chi connectivity index (χ2v) is 9.42. The van der Waals surface area contributed by atoms with Gasteiger partial charge in [-0.15, -0.1) is 11.3 Å². The molecule has 2 N–H and O–H groups in total. The summed E-state index contributed by atoms with van der Waals surface area (Å²) in [6, 6.07) is 12.6. The monoisotopic (exact) mass is 499 g/mol. The lowest BCUT2D eigenvalue weighted by Gasteiger charge is -2.39. The standard InChI is InChI=1S/C25H27F2N5O2S/c1-17-16-35-24(28-17)14-22(33)29-30-23(34)15-31-10-12-32(13-11-31)25(18-2-6-20(26)7-3-18)19-4-8-21(27)9-5-19/h2-9,16,25H,10-15H2,1H3,(H,29,33)(H,30,34). The topological polar surface area (TPSA) is 77.6 Å². The summed E-state index contributed by atoms with van der Waals surface area (Å²) >= 11 is 1.41. The highest BCUT2D eigenvalue weighted by atomic mass is 32.1. The van der Waals surface area contributed by atoms with E-state index < -0.39 is 0 Å². The van der Waals surface area contributed by atoms with Gasteiger partial charge in [-0.1, -0.05) is 24.3 Å². The van der Waals surface area contributed by atoms with Crippen LogP contribution in [-0.2, 0) is 16.0 Å². The zero-order chi connectivity index (χ0) is 24.8. The first-order valence-corrected chi connectivity index (χ1v) is 12.2. The first-order valence-electron chi connectivity index (χ1n) is 11.3. The molecule has 0 unspecified atom stereocenters. The number of amides is 2. The predicted octanol–water partition coefficient (Wildman–Crippen LogP) is 2.83. The maximum absolute atomic E-state index is 13.5. The number of carbonyl (C=O) groups excluding carboxylic acids is 2. The van der Waals surface area contributed by atoms with Crippen molar-refractivity contribution in [3.05, 3.63) is 87.4 Å². The summed E-state index contributed by atoms with van der Waals surface area (Å²) in [4.78, 5) is 32.8. The molecular formula is C25H27F2N5O2S. The molecule has 0 atom stereocenters. The van der Waals surface area contributed by atoms with E-state index in [1.807, 2.05) is 17.2 Å². The Morgan fingerprint density at radius 3 is 1.97 bits per heavy atom. The first-order chi connectivity index (χ1) is 16.9. The summed E-state index contributed by atoms with van der Waals surface area (Å²) in [5, 5.41) is 2.57. The number of aromatic nitrogens is 1. The minimum Gasteiger partial charge on any atom is -0.292 e. The number of hydrazine groups is 1. The molecule has 0 aliphatic carbocycles. The molecule has 2 aromatic carbocycles. The third kappa shape index (κ3) is 6.91. The summed E-state index contributed by atoms with van der Waals surface area (Å²) in [7, 11) is 0. The number of thiazole rings is 1. The van der Waals surface area contributed by atoms with Crippen molar-refractivity contribution in [1.29, 1.82) is 0 Å². The highest BCUT2D eigenvalue weighted by Gasteiger charge is 2.27. The molecule has 3 aromatic rings. The van der Waals surface area contributed by atoms with E-state index in [1.165, 1.54) is 35.6 Å². The first kappa shape index (κ1) is 24.9. The Labute approximate surface area is 206 Å². The number of nitrogens with zero attached hydrogens (tertiary/aromatic N) is 3. The van der Waals surface area contributed by atoms with Crippen LogP contribution in [0.3, 0.4) is 0 Å². The number of nitrogens with one attached hydrogen (secondary N) is 2. The van der Waals surface area contributed by atoms with Crippen molar-refractivity contribution in [3.8, 4) is 0 Å². The van der Waals surface area contributed by atoms with Gasteiger partial charge in [-0.2, -0.15) is 0 Å². The average molecular weight is 500 g/mol. The van der Waals surface area contributed by atoms with Gasteiger partial charge in [0.15, 0.2) is 0 Å². The maximum atomic E-state index is 13.5. The molecule has 1 fully saturated rings. The molecule has 0 radical (unpaired) electrons. The summed E-state index contributed by atoms with van der Waals surface area (Å²) < 4.78 is 27.0. The Morgan fingerprint density at radius 2 is 1.46 bits per heavy atom. The fourth-order valence-electron chi connectivity index (χ4n) is 4.13. The number of halogens is 2. The van der Waals surface area contributed by atoms with Gasteiger partial charge in [-0.3, -0.25) is 30.2 Å². The zero-order valence-corrected chi connectivity index (χ0v) is 20.2. The molecule has 10 heteroatoms. The second-order valence-electron chi connectivity index (χ2n) is 8.47. The molecule has 7 nitrogen and oxygen atoms in total. The van der Waals surface area contributed by atoms with E-state index in [-0.39, 0.29) is 42.5 Å². The quantitative estimate of drug-likeness (QED) is 0.489. The van der Waals surface area contributed by atoms with Crippen LogP contribution in [0.25, 0.3) is 0 Å². The molecule has 35 heavy (non-hydrogen) atoms. The van der Waals surface area contributed by atoms with Crippen molar-refractivity contribution in [2.24, 2.45) is 0 Å². The molecule has 2 heterocycles. The highest BCUT2D eigenvalue weighted by Crippen LogP contribution is 2.30. The van der Waals surface area contributed by atoms with Crippen LogP contribution in [0.1, 0.15) is 27.9 Å². The second kappa shape index (κ2) is 11.5. The van der Waals surface area contributed by atoms with E-state index in [9.17, 15) is 18.4 Å². The van der Waals surface area contributed by atoms with E-state index in [0.717, 1.165) is 16.8 Å². The molecule has 184 valence electrons. The predicted molar refractivity (Wildman–Crippen MR) is 129 cm³/mol. The van der Waals surface area contributed by atoms with E-state index in [4.69, 9.17) is 0 Å². The zero-order valence-electron chi connectivity index (χ0n) is 19.3. The molecule has 1 aliphatic rings. The van der Waals surface area contributed by atoms with E-state index >= 15 is 0 Å². The van der Waals surface area contributed by atoms with E-state index in [2.05, 4.69) is 20.7 Å². The number of hydrogen-bond donors (Lipinski definition) is 2. The fraction of sp³-hybridized carbons (Fsp3) is 0.320. The molecule has 2 amide bonds. The summed E-state index contributed by atoms with van der Waals surface area (Å²) in [5.74, 6) is -1.23. The van der Waals surface area contributed by atoms with Crippen LogP contribution in [-0.4, -0.2) is 59.3 Å². The maximum Gasteiger partial charge on any atom is 0.252 e. The Balaban J connectivity index is 1.30. The number of benzene rings is 2. The minimum atomic E-state index is -0.320. The highest BCUT2D eigenvalue weighted by molar-refractivity contribution is 7.09. The molecule has 1 saturated heterocycles. The Kier molecular flexibility index (Phi) is 8.17. The Bertz CT molecular complexity index is 1100. The molecule has 0 spiro atoms. The molecule has 1 aliphatic heterocycles. The van der Waals surface area contributed by atoms with Crippen LogP contribution in [0.4, 0.5) is 8.78 Å².